The lowest BCUT2D eigenvalue weighted by molar-refractivity contribution is 0.0945. The average molecular weight is 459 g/mol. The van der Waals surface area contributed by atoms with Crippen LogP contribution in [0.25, 0.3) is 44.7 Å². The number of aromatic nitrogens is 6. The molecule has 0 saturated heterocycles. The molecule has 168 valence electrons. The average Bonchev–Trinajstić information content (AvgIpc) is 3.62. The molecular weight excluding hydrogens is 442 g/mol. The van der Waals surface area contributed by atoms with Crippen molar-refractivity contribution in [1.82, 2.24) is 35.2 Å². The normalized spacial score (nSPS) is 14.2. The summed E-state index contributed by atoms with van der Waals surface area (Å²) in [6.45, 7) is 0. The fourth-order valence-electron chi connectivity index (χ4n) is 4.95. The van der Waals surface area contributed by atoms with Gasteiger partial charge in [-0.2, -0.15) is 0 Å². The van der Waals surface area contributed by atoms with E-state index < -0.39 is 0 Å². The SMILES string of the molecule is O=C(NC1c2ccccc2-c2c(-c3nc4nc[nH]c4c(=O)[nH]3)cccc21)c1ccnc2[nH]ccc12. The number of nitrogens with zero attached hydrogens (tertiary/aromatic N) is 3. The molecule has 0 saturated carbocycles. The number of pyridine rings is 1. The lowest BCUT2D eigenvalue weighted by Crippen LogP contribution is -2.28. The number of nitrogens with one attached hydrogen (secondary N) is 4. The summed E-state index contributed by atoms with van der Waals surface area (Å²) in [5.74, 6) is 0.232. The number of imidazole rings is 1. The number of carbonyl (C=O) groups excluding carboxylic acids is 1. The van der Waals surface area contributed by atoms with Crippen LogP contribution in [0, 0.1) is 0 Å². The molecule has 4 aromatic heterocycles. The largest absolute Gasteiger partial charge is 0.346 e. The zero-order valence-electron chi connectivity index (χ0n) is 18.2. The predicted octanol–water partition coefficient (Wildman–Crippen LogP) is 3.69. The number of fused-ring (bicyclic) bond motifs is 5. The second-order valence-corrected chi connectivity index (χ2v) is 8.38. The molecule has 0 bridgehead atoms. The van der Waals surface area contributed by atoms with E-state index in [1.165, 1.54) is 6.33 Å². The van der Waals surface area contributed by atoms with Crippen LogP contribution in [-0.4, -0.2) is 35.8 Å². The van der Waals surface area contributed by atoms with Gasteiger partial charge in [0.15, 0.2) is 11.2 Å². The predicted molar refractivity (Wildman–Crippen MR) is 131 cm³/mol. The zero-order valence-corrected chi connectivity index (χ0v) is 18.2. The summed E-state index contributed by atoms with van der Waals surface area (Å²) in [5, 5.41) is 3.98. The second kappa shape index (κ2) is 7.22. The Morgan fingerprint density at radius 2 is 1.77 bits per heavy atom. The highest BCUT2D eigenvalue weighted by atomic mass is 16.1. The summed E-state index contributed by atoms with van der Waals surface area (Å²) in [6, 6.07) is 17.0. The Morgan fingerprint density at radius 1 is 0.914 bits per heavy atom. The van der Waals surface area contributed by atoms with E-state index in [9.17, 15) is 9.59 Å². The molecule has 1 atom stereocenters. The van der Waals surface area contributed by atoms with Crippen molar-refractivity contribution in [1.29, 1.82) is 0 Å². The highest BCUT2D eigenvalue weighted by molar-refractivity contribution is 6.06. The minimum Gasteiger partial charge on any atom is -0.346 e. The smallest absolute Gasteiger partial charge is 0.277 e. The highest BCUT2D eigenvalue weighted by Gasteiger charge is 2.32. The van der Waals surface area contributed by atoms with E-state index >= 15 is 0 Å². The number of hydrogen-bond donors (Lipinski definition) is 4. The fourth-order valence-corrected chi connectivity index (χ4v) is 4.95. The summed E-state index contributed by atoms with van der Waals surface area (Å²) in [7, 11) is 0. The first-order chi connectivity index (χ1) is 17.2. The van der Waals surface area contributed by atoms with Gasteiger partial charge in [0, 0.05) is 23.3 Å². The summed E-state index contributed by atoms with van der Waals surface area (Å²) in [6.07, 6.45) is 4.84. The van der Waals surface area contributed by atoms with Crippen molar-refractivity contribution in [3.8, 4) is 22.5 Å². The van der Waals surface area contributed by atoms with Gasteiger partial charge < -0.3 is 20.3 Å². The van der Waals surface area contributed by atoms with Crippen LogP contribution in [0.3, 0.4) is 0 Å². The van der Waals surface area contributed by atoms with Crippen molar-refractivity contribution in [3.05, 3.63) is 100 Å². The molecule has 1 aliphatic carbocycles. The van der Waals surface area contributed by atoms with E-state index in [0.717, 1.165) is 33.2 Å². The van der Waals surface area contributed by atoms with Crippen LogP contribution >= 0.6 is 0 Å². The van der Waals surface area contributed by atoms with E-state index in [4.69, 9.17) is 0 Å². The lowest BCUT2D eigenvalue weighted by Gasteiger charge is -2.17. The van der Waals surface area contributed by atoms with Crippen LogP contribution in [-0.2, 0) is 0 Å². The molecule has 0 fully saturated rings. The quantitative estimate of drug-likeness (QED) is 0.320. The van der Waals surface area contributed by atoms with Crippen molar-refractivity contribution in [2.24, 2.45) is 0 Å². The van der Waals surface area contributed by atoms with Gasteiger partial charge in [0.2, 0.25) is 0 Å². The maximum atomic E-state index is 13.4. The van der Waals surface area contributed by atoms with Crippen LogP contribution in [0.2, 0.25) is 0 Å². The molecule has 35 heavy (non-hydrogen) atoms. The molecule has 4 heterocycles. The van der Waals surface area contributed by atoms with Crippen LogP contribution in [0.4, 0.5) is 0 Å². The number of benzene rings is 2. The first kappa shape index (κ1) is 19.4. The summed E-state index contributed by atoms with van der Waals surface area (Å²) in [5.41, 5.74) is 6.19. The maximum Gasteiger partial charge on any atom is 0.277 e. The highest BCUT2D eigenvalue weighted by Crippen LogP contribution is 2.47. The molecule has 9 heteroatoms. The van der Waals surface area contributed by atoms with E-state index in [1.54, 1.807) is 18.5 Å². The summed E-state index contributed by atoms with van der Waals surface area (Å²) in [4.78, 5) is 47.8. The Bertz CT molecular complexity index is 1850. The van der Waals surface area contributed by atoms with Crippen LogP contribution in [0.1, 0.15) is 27.5 Å². The molecule has 1 amide bonds. The van der Waals surface area contributed by atoms with Gasteiger partial charge in [-0.15, -0.1) is 0 Å². The van der Waals surface area contributed by atoms with E-state index in [-0.39, 0.29) is 17.5 Å². The van der Waals surface area contributed by atoms with Gasteiger partial charge in [-0.3, -0.25) is 9.59 Å². The van der Waals surface area contributed by atoms with Crippen molar-refractivity contribution >= 4 is 28.1 Å². The molecule has 1 unspecified atom stereocenters. The third kappa shape index (κ3) is 2.85. The van der Waals surface area contributed by atoms with Gasteiger partial charge >= 0.3 is 0 Å². The Hall–Kier alpha value is -5.05. The number of amides is 1. The maximum absolute atomic E-state index is 13.4. The molecule has 6 aromatic rings. The first-order valence-corrected chi connectivity index (χ1v) is 11.1. The van der Waals surface area contributed by atoms with E-state index in [2.05, 4.69) is 35.2 Å². The molecule has 2 aromatic carbocycles. The lowest BCUT2D eigenvalue weighted by atomic mass is 9.98. The standard InChI is InChI=1S/C26H17N7O2/c34-25(16-9-11-28-22-15(16)8-10-27-22)31-20-14-5-2-1-4-13(14)19-17(20)6-3-7-18(19)23-32-24-21(26(35)33-23)29-12-30-24/h1-12,20H,(H,27,28)(H,31,34)(H2,29,30,32,33,35). The molecule has 7 rings (SSSR count). The Balaban J connectivity index is 1.38. The topological polar surface area (TPSA) is 132 Å². The first-order valence-electron chi connectivity index (χ1n) is 11.1. The van der Waals surface area contributed by atoms with E-state index in [0.29, 0.717) is 28.2 Å². The Morgan fingerprint density at radius 3 is 2.71 bits per heavy atom. The minimum absolute atomic E-state index is 0.195. The van der Waals surface area contributed by atoms with Crippen molar-refractivity contribution in [2.45, 2.75) is 6.04 Å². The molecule has 0 aliphatic heterocycles. The third-order valence-corrected chi connectivity index (χ3v) is 6.48. The Labute approximate surface area is 197 Å². The molecule has 1 aliphatic rings. The van der Waals surface area contributed by atoms with E-state index in [1.807, 2.05) is 48.5 Å². The summed E-state index contributed by atoms with van der Waals surface area (Å²) >= 11 is 0. The second-order valence-electron chi connectivity index (χ2n) is 8.38. The van der Waals surface area contributed by atoms with Gasteiger partial charge in [-0.1, -0.05) is 42.5 Å². The number of hydrogen-bond acceptors (Lipinski definition) is 5. The van der Waals surface area contributed by atoms with Gasteiger partial charge in [0.1, 0.15) is 11.5 Å². The van der Waals surface area contributed by atoms with Gasteiger partial charge in [0.05, 0.1) is 17.9 Å². The monoisotopic (exact) mass is 459 g/mol. The van der Waals surface area contributed by atoms with Gasteiger partial charge in [-0.25, -0.2) is 15.0 Å². The number of carbonyl (C=O) groups is 1. The van der Waals surface area contributed by atoms with Crippen LogP contribution in [0.5, 0.6) is 0 Å². The molecule has 0 spiro atoms. The van der Waals surface area contributed by atoms with Crippen LogP contribution < -0.4 is 10.9 Å². The van der Waals surface area contributed by atoms with Crippen LogP contribution in [0.15, 0.2) is 78.1 Å². The number of H-pyrrole nitrogens is 3. The number of rotatable bonds is 3. The van der Waals surface area contributed by atoms with Crippen molar-refractivity contribution in [3.63, 3.8) is 0 Å². The fraction of sp³-hybridized carbons (Fsp3) is 0.0385. The number of aromatic amines is 3. The third-order valence-electron chi connectivity index (χ3n) is 6.48. The minimum atomic E-state index is -0.364. The summed E-state index contributed by atoms with van der Waals surface area (Å²) < 4.78 is 0. The van der Waals surface area contributed by atoms with Gasteiger partial charge in [0.25, 0.3) is 11.5 Å². The van der Waals surface area contributed by atoms with Gasteiger partial charge in [-0.05, 0) is 34.4 Å². The molecule has 4 N–H and O–H groups in total. The molecule has 9 nitrogen and oxygen atoms in total. The molecular formula is C26H17N7O2. The molecule has 0 radical (unpaired) electrons. The Kier molecular flexibility index (Phi) is 4.01. The zero-order chi connectivity index (χ0) is 23.5. The van der Waals surface area contributed by atoms with Crippen molar-refractivity contribution in [2.75, 3.05) is 0 Å². The van der Waals surface area contributed by atoms with Crippen molar-refractivity contribution < 1.29 is 4.79 Å².